The van der Waals surface area contributed by atoms with Crippen molar-refractivity contribution in [2.24, 2.45) is 0 Å². The minimum absolute atomic E-state index is 0.141. The van der Waals surface area contributed by atoms with Crippen LogP contribution in [0.5, 0.6) is 0 Å². The van der Waals surface area contributed by atoms with Crippen LogP contribution in [0.4, 0.5) is 5.69 Å². The molecule has 1 amide bonds. The van der Waals surface area contributed by atoms with Gasteiger partial charge in [-0.2, -0.15) is 0 Å². The molecule has 1 aromatic carbocycles. The summed E-state index contributed by atoms with van der Waals surface area (Å²) in [6, 6.07) is 3.60. The fraction of sp³-hybridized carbons (Fsp3) is 0.462. The van der Waals surface area contributed by atoms with Gasteiger partial charge in [-0.15, -0.1) is 0 Å². The Morgan fingerprint density at radius 3 is 2.40 bits per heavy atom. The van der Waals surface area contributed by atoms with Gasteiger partial charge in [0.05, 0.1) is 23.5 Å². The summed E-state index contributed by atoms with van der Waals surface area (Å²) >= 11 is 6.18. The predicted molar refractivity (Wildman–Crippen MR) is 81.8 cm³/mol. The number of nitrogens with one attached hydrogen (secondary N) is 1. The van der Waals surface area contributed by atoms with Gasteiger partial charge in [-0.1, -0.05) is 17.7 Å². The third-order valence-electron chi connectivity index (χ3n) is 2.74. The molecule has 0 saturated carbocycles. The molecule has 1 N–H and O–H groups in total. The Bertz CT molecular complexity index is 591. The monoisotopic (exact) mass is 318 g/mol. The van der Waals surface area contributed by atoms with Crippen LogP contribution in [-0.2, 0) is 14.8 Å². The second-order valence-corrected chi connectivity index (χ2v) is 7.04. The molecule has 0 atom stereocenters. The largest absolute Gasteiger partial charge is 0.355 e. The van der Waals surface area contributed by atoms with Crippen molar-refractivity contribution >= 4 is 33.2 Å². The molecule has 0 radical (unpaired) electrons. The van der Waals surface area contributed by atoms with E-state index in [0.29, 0.717) is 10.7 Å². The summed E-state index contributed by atoms with van der Waals surface area (Å²) in [4.78, 5) is 10.9. The molecule has 20 heavy (non-hydrogen) atoms. The van der Waals surface area contributed by atoms with E-state index in [2.05, 4.69) is 5.32 Å². The number of amides is 1. The fourth-order valence-electron chi connectivity index (χ4n) is 2.00. The van der Waals surface area contributed by atoms with E-state index in [1.54, 1.807) is 6.07 Å². The van der Waals surface area contributed by atoms with Gasteiger partial charge in [0.25, 0.3) is 0 Å². The molecule has 0 spiro atoms. The second-order valence-electron chi connectivity index (χ2n) is 4.73. The zero-order valence-corrected chi connectivity index (χ0v) is 13.6. The molecule has 112 valence electrons. The predicted octanol–water partition coefficient (Wildman–Crippen LogP) is 1.86. The van der Waals surface area contributed by atoms with Crippen LogP contribution >= 0.6 is 11.6 Å². The molecule has 0 aliphatic carbocycles. The Morgan fingerprint density at radius 2 is 1.95 bits per heavy atom. The van der Waals surface area contributed by atoms with Crippen LogP contribution < -0.4 is 9.62 Å². The number of benzene rings is 1. The number of anilines is 1. The molecule has 0 fully saturated rings. The Morgan fingerprint density at radius 1 is 1.35 bits per heavy atom. The van der Waals surface area contributed by atoms with Crippen LogP contribution in [-0.4, -0.2) is 33.7 Å². The molecule has 7 heteroatoms. The fourth-order valence-corrected chi connectivity index (χ4v) is 3.47. The number of nitrogens with zero attached hydrogens (tertiary/aromatic N) is 1. The van der Waals surface area contributed by atoms with Crippen molar-refractivity contribution in [3.63, 3.8) is 0 Å². The molecule has 0 aliphatic rings. The quantitative estimate of drug-likeness (QED) is 0.901. The highest BCUT2D eigenvalue weighted by molar-refractivity contribution is 7.92. The van der Waals surface area contributed by atoms with E-state index in [0.717, 1.165) is 17.4 Å². The van der Waals surface area contributed by atoms with Crippen molar-refractivity contribution in [2.45, 2.75) is 20.8 Å². The third-order valence-corrected chi connectivity index (χ3v) is 4.19. The normalized spacial score (nSPS) is 11.2. The summed E-state index contributed by atoms with van der Waals surface area (Å²) in [5, 5.41) is 2.96. The average Bonchev–Trinajstić information content (AvgIpc) is 2.23. The maximum Gasteiger partial charge on any atom is 0.232 e. The lowest BCUT2D eigenvalue weighted by atomic mass is 10.1. The van der Waals surface area contributed by atoms with E-state index < -0.39 is 10.0 Å². The summed E-state index contributed by atoms with van der Waals surface area (Å²) in [5.41, 5.74) is 2.21. The molecule has 0 saturated heterocycles. The number of hydrogen-bond donors (Lipinski definition) is 1. The number of carbonyl (C=O) groups excluding carboxylic acids is 1. The molecule has 0 unspecified atom stereocenters. The molecule has 1 rings (SSSR count). The minimum atomic E-state index is -3.48. The van der Waals surface area contributed by atoms with Gasteiger partial charge in [-0.3, -0.25) is 9.10 Å². The zero-order valence-electron chi connectivity index (χ0n) is 12.0. The maximum absolute atomic E-state index is 12.0. The average molecular weight is 319 g/mol. The Labute approximate surface area is 125 Å². The summed E-state index contributed by atoms with van der Waals surface area (Å²) in [6.07, 6.45) is 1.12. The number of hydrogen-bond acceptors (Lipinski definition) is 3. The molecule has 0 aromatic heterocycles. The number of aryl methyl sites for hydroxylation is 2. The highest BCUT2D eigenvalue weighted by Crippen LogP contribution is 2.32. The Balaban J connectivity index is 3.16. The minimum Gasteiger partial charge on any atom is -0.355 e. The van der Waals surface area contributed by atoms with Gasteiger partial charge in [0, 0.05) is 13.5 Å². The van der Waals surface area contributed by atoms with Crippen LogP contribution in [0, 0.1) is 13.8 Å². The number of rotatable bonds is 5. The van der Waals surface area contributed by atoms with E-state index in [4.69, 9.17) is 11.6 Å². The standard InChI is InChI=1S/C13H19ClN2O3S/c1-9-7-10(2)13(12(14)8-9)16(20(4,18)19)6-5-15-11(3)17/h7-8H,5-6H2,1-4H3,(H,15,17). The molecule has 0 bridgehead atoms. The summed E-state index contributed by atoms with van der Waals surface area (Å²) in [7, 11) is -3.48. The summed E-state index contributed by atoms with van der Waals surface area (Å²) in [6.45, 7) is 5.46. The number of carbonyl (C=O) groups is 1. The van der Waals surface area contributed by atoms with Gasteiger partial charge in [0.1, 0.15) is 0 Å². The first-order valence-electron chi connectivity index (χ1n) is 6.12. The Hall–Kier alpha value is -1.27. The van der Waals surface area contributed by atoms with E-state index in [1.807, 2.05) is 19.9 Å². The molecular formula is C13H19ClN2O3S. The van der Waals surface area contributed by atoms with Crippen molar-refractivity contribution in [3.05, 3.63) is 28.3 Å². The van der Waals surface area contributed by atoms with Crippen molar-refractivity contribution in [1.29, 1.82) is 0 Å². The molecule has 1 aromatic rings. The van der Waals surface area contributed by atoms with Crippen molar-refractivity contribution < 1.29 is 13.2 Å². The van der Waals surface area contributed by atoms with Gasteiger partial charge >= 0.3 is 0 Å². The highest BCUT2D eigenvalue weighted by atomic mass is 35.5. The lowest BCUT2D eigenvalue weighted by Crippen LogP contribution is -2.38. The SMILES string of the molecule is CC(=O)NCCN(c1c(C)cc(C)cc1Cl)S(C)(=O)=O. The molecule has 5 nitrogen and oxygen atoms in total. The maximum atomic E-state index is 12.0. The van der Waals surface area contributed by atoms with E-state index in [1.165, 1.54) is 11.2 Å². The van der Waals surface area contributed by atoms with Crippen LogP contribution in [0.3, 0.4) is 0 Å². The van der Waals surface area contributed by atoms with E-state index in [9.17, 15) is 13.2 Å². The topological polar surface area (TPSA) is 66.5 Å². The number of sulfonamides is 1. The molecule has 0 aliphatic heterocycles. The smallest absolute Gasteiger partial charge is 0.232 e. The lowest BCUT2D eigenvalue weighted by molar-refractivity contribution is -0.118. The van der Waals surface area contributed by atoms with Gasteiger partial charge in [0.15, 0.2) is 0 Å². The first-order valence-corrected chi connectivity index (χ1v) is 8.34. The molecule has 0 heterocycles. The van der Waals surface area contributed by atoms with E-state index in [-0.39, 0.29) is 19.0 Å². The van der Waals surface area contributed by atoms with Crippen molar-refractivity contribution in [2.75, 3.05) is 23.7 Å². The second kappa shape index (κ2) is 6.45. The Kier molecular flexibility index (Phi) is 5.42. The number of halogens is 1. The third kappa shape index (κ3) is 4.38. The van der Waals surface area contributed by atoms with Gasteiger partial charge in [0.2, 0.25) is 15.9 Å². The van der Waals surface area contributed by atoms with Crippen molar-refractivity contribution in [1.82, 2.24) is 5.32 Å². The summed E-state index contributed by atoms with van der Waals surface area (Å²) < 4.78 is 25.1. The first kappa shape index (κ1) is 16.8. The van der Waals surface area contributed by atoms with Crippen LogP contribution in [0.15, 0.2) is 12.1 Å². The zero-order chi connectivity index (χ0) is 15.5. The summed E-state index contributed by atoms with van der Waals surface area (Å²) in [5.74, 6) is -0.204. The molecular weight excluding hydrogens is 300 g/mol. The first-order chi connectivity index (χ1) is 9.12. The van der Waals surface area contributed by atoms with E-state index >= 15 is 0 Å². The van der Waals surface area contributed by atoms with Gasteiger partial charge < -0.3 is 5.32 Å². The lowest BCUT2D eigenvalue weighted by Gasteiger charge is -2.25. The van der Waals surface area contributed by atoms with Crippen LogP contribution in [0.2, 0.25) is 5.02 Å². The van der Waals surface area contributed by atoms with Crippen LogP contribution in [0.1, 0.15) is 18.1 Å². The highest BCUT2D eigenvalue weighted by Gasteiger charge is 2.21. The van der Waals surface area contributed by atoms with Crippen LogP contribution in [0.25, 0.3) is 0 Å². The van der Waals surface area contributed by atoms with Gasteiger partial charge in [-0.25, -0.2) is 8.42 Å². The van der Waals surface area contributed by atoms with Crippen molar-refractivity contribution in [3.8, 4) is 0 Å². The van der Waals surface area contributed by atoms with Gasteiger partial charge in [-0.05, 0) is 31.0 Å².